The van der Waals surface area contributed by atoms with Crippen LogP contribution in [0.2, 0.25) is 0 Å². The Morgan fingerprint density at radius 1 is 1.20 bits per heavy atom. The van der Waals surface area contributed by atoms with Crippen molar-refractivity contribution in [1.82, 2.24) is 9.38 Å². The first-order valence-corrected chi connectivity index (χ1v) is 8.55. The molecule has 25 heavy (non-hydrogen) atoms. The number of hydrogen-bond acceptors (Lipinski definition) is 3. The van der Waals surface area contributed by atoms with Crippen LogP contribution in [0.15, 0.2) is 42.6 Å². The van der Waals surface area contributed by atoms with Crippen LogP contribution in [-0.2, 0) is 0 Å². The number of benzene rings is 1. The van der Waals surface area contributed by atoms with Crippen molar-refractivity contribution in [2.24, 2.45) is 0 Å². The second kappa shape index (κ2) is 6.97. The fraction of sp³-hybridized carbons (Fsp3) is 0.300. The number of pyridine rings is 1. The highest BCUT2D eigenvalue weighted by Gasteiger charge is 2.24. The number of carbonyl (C=O) groups excluding carboxylic acids is 1. The number of hydrogen-bond donors (Lipinski definition) is 0. The Balaban J connectivity index is 2.10. The van der Waals surface area contributed by atoms with Crippen molar-refractivity contribution in [2.45, 2.75) is 27.7 Å². The van der Waals surface area contributed by atoms with E-state index < -0.39 is 0 Å². The lowest BCUT2D eigenvalue weighted by Crippen LogP contribution is -2.32. The molecule has 0 saturated heterocycles. The quantitative estimate of drug-likeness (QED) is 0.706. The van der Waals surface area contributed by atoms with E-state index in [1.165, 1.54) is 0 Å². The first-order chi connectivity index (χ1) is 12.1. The number of aryl methyl sites for hydroxylation is 2. The van der Waals surface area contributed by atoms with Gasteiger partial charge in [0.15, 0.2) is 11.4 Å². The minimum absolute atomic E-state index is 0.0632. The van der Waals surface area contributed by atoms with Crippen molar-refractivity contribution < 1.29 is 9.53 Å². The molecule has 0 aliphatic carbocycles. The number of anilines is 1. The van der Waals surface area contributed by atoms with Gasteiger partial charge in [-0.3, -0.25) is 9.20 Å². The molecule has 2 aromatic heterocycles. The third kappa shape index (κ3) is 3.09. The van der Waals surface area contributed by atoms with Crippen LogP contribution >= 0.6 is 0 Å². The molecule has 1 aromatic carbocycles. The molecule has 0 N–H and O–H groups in total. The average Bonchev–Trinajstić information content (AvgIpc) is 2.93. The molecule has 5 nitrogen and oxygen atoms in total. The zero-order chi connectivity index (χ0) is 18.0. The molecule has 2 heterocycles. The van der Waals surface area contributed by atoms with E-state index in [4.69, 9.17) is 4.74 Å². The fourth-order valence-electron chi connectivity index (χ4n) is 3.05. The lowest BCUT2D eigenvalue weighted by molar-refractivity contribution is 0.0982. The molecule has 0 atom stereocenters. The van der Waals surface area contributed by atoms with E-state index in [1.54, 1.807) is 4.90 Å². The lowest BCUT2D eigenvalue weighted by atomic mass is 10.2. The Bertz CT molecular complexity index is 914. The highest BCUT2D eigenvalue weighted by molar-refractivity contribution is 6.06. The van der Waals surface area contributed by atoms with Gasteiger partial charge in [-0.1, -0.05) is 12.1 Å². The topological polar surface area (TPSA) is 46.8 Å². The highest BCUT2D eigenvalue weighted by atomic mass is 16.5. The van der Waals surface area contributed by atoms with Crippen LogP contribution in [0, 0.1) is 13.8 Å². The van der Waals surface area contributed by atoms with E-state index in [1.807, 2.05) is 74.7 Å². The third-order valence-electron chi connectivity index (χ3n) is 4.17. The summed E-state index contributed by atoms with van der Waals surface area (Å²) in [4.78, 5) is 19.6. The predicted octanol–water partition coefficient (Wildman–Crippen LogP) is 4.02. The zero-order valence-corrected chi connectivity index (χ0v) is 15.1. The summed E-state index contributed by atoms with van der Waals surface area (Å²) in [6.07, 6.45) is 1.86. The van der Waals surface area contributed by atoms with Crippen LogP contribution in [0.25, 0.3) is 5.65 Å². The predicted molar refractivity (Wildman–Crippen MR) is 99.6 cm³/mol. The Hall–Kier alpha value is -2.82. The summed E-state index contributed by atoms with van der Waals surface area (Å²) in [6.45, 7) is 8.93. The molecule has 130 valence electrons. The third-order valence-corrected chi connectivity index (χ3v) is 4.17. The summed E-state index contributed by atoms with van der Waals surface area (Å²) in [5, 5.41) is 0. The van der Waals surface area contributed by atoms with Gasteiger partial charge in [-0.05, 0) is 57.5 Å². The first kappa shape index (κ1) is 17.0. The number of aromatic nitrogens is 2. The molecular weight excluding hydrogens is 314 g/mol. The van der Waals surface area contributed by atoms with E-state index in [9.17, 15) is 4.79 Å². The van der Waals surface area contributed by atoms with Crippen LogP contribution in [-0.4, -0.2) is 28.4 Å². The van der Waals surface area contributed by atoms with Gasteiger partial charge in [0.2, 0.25) is 0 Å². The van der Waals surface area contributed by atoms with E-state index in [2.05, 4.69) is 4.98 Å². The van der Waals surface area contributed by atoms with E-state index in [0.29, 0.717) is 35.9 Å². The molecule has 0 spiro atoms. The number of ether oxygens (including phenoxy) is 1. The monoisotopic (exact) mass is 337 g/mol. The fourth-order valence-corrected chi connectivity index (χ4v) is 3.05. The summed E-state index contributed by atoms with van der Waals surface area (Å²) in [5.41, 5.74) is 3.95. The molecule has 0 unspecified atom stereocenters. The maximum atomic E-state index is 13.3. The van der Waals surface area contributed by atoms with Crippen molar-refractivity contribution in [3.8, 4) is 5.75 Å². The summed E-state index contributed by atoms with van der Waals surface area (Å²) in [7, 11) is 0. The Morgan fingerprint density at radius 3 is 2.68 bits per heavy atom. The minimum atomic E-state index is -0.0632. The van der Waals surface area contributed by atoms with Crippen LogP contribution in [0.3, 0.4) is 0 Å². The van der Waals surface area contributed by atoms with Gasteiger partial charge in [-0.15, -0.1) is 0 Å². The maximum absolute atomic E-state index is 13.3. The van der Waals surface area contributed by atoms with Crippen LogP contribution in [0.4, 0.5) is 5.69 Å². The van der Waals surface area contributed by atoms with E-state index >= 15 is 0 Å². The van der Waals surface area contributed by atoms with Crippen molar-refractivity contribution in [3.05, 3.63) is 59.5 Å². The molecule has 0 fully saturated rings. The van der Waals surface area contributed by atoms with Gasteiger partial charge in [0.25, 0.3) is 5.91 Å². The maximum Gasteiger partial charge on any atom is 0.277 e. The van der Waals surface area contributed by atoms with Gasteiger partial charge in [-0.25, -0.2) is 4.98 Å². The van der Waals surface area contributed by atoms with Crippen molar-refractivity contribution in [1.29, 1.82) is 0 Å². The minimum Gasteiger partial charge on any atom is -0.490 e. The van der Waals surface area contributed by atoms with Crippen molar-refractivity contribution in [3.63, 3.8) is 0 Å². The molecule has 0 saturated carbocycles. The van der Waals surface area contributed by atoms with Gasteiger partial charge < -0.3 is 9.64 Å². The molecule has 3 rings (SSSR count). The zero-order valence-electron chi connectivity index (χ0n) is 15.1. The van der Waals surface area contributed by atoms with Gasteiger partial charge in [0.1, 0.15) is 5.69 Å². The second-order valence-corrected chi connectivity index (χ2v) is 5.93. The highest BCUT2D eigenvalue weighted by Crippen LogP contribution is 2.25. The van der Waals surface area contributed by atoms with Crippen LogP contribution in [0.1, 0.15) is 35.6 Å². The molecule has 1 amide bonds. The Labute approximate surface area is 147 Å². The van der Waals surface area contributed by atoms with E-state index in [0.717, 1.165) is 11.3 Å². The normalized spacial score (nSPS) is 10.9. The largest absolute Gasteiger partial charge is 0.490 e. The molecular formula is C20H23N3O2. The summed E-state index contributed by atoms with van der Waals surface area (Å²) >= 11 is 0. The molecule has 0 aliphatic rings. The van der Waals surface area contributed by atoms with Gasteiger partial charge >= 0.3 is 0 Å². The SMILES string of the molecule is CCOc1cccn2c(C(=O)N(CC)c3cccc(C)c3)c(C)nc12. The van der Waals surface area contributed by atoms with Gasteiger partial charge in [0.05, 0.1) is 12.3 Å². The van der Waals surface area contributed by atoms with Gasteiger partial charge in [0, 0.05) is 18.4 Å². The molecule has 0 radical (unpaired) electrons. The summed E-state index contributed by atoms with van der Waals surface area (Å²) in [5.74, 6) is 0.623. The van der Waals surface area contributed by atoms with Crippen LogP contribution in [0.5, 0.6) is 5.75 Å². The number of fused-ring (bicyclic) bond motifs is 1. The smallest absolute Gasteiger partial charge is 0.277 e. The summed E-state index contributed by atoms with van der Waals surface area (Å²) < 4.78 is 7.47. The Kier molecular flexibility index (Phi) is 4.74. The molecule has 3 aromatic rings. The molecule has 5 heteroatoms. The number of rotatable bonds is 5. The first-order valence-electron chi connectivity index (χ1n) is 8.55. The Morgan fingerprint density at radius 2 is 2.00 bits per heavy atom. The number of amides is 1. The second-order valence-electron chi connectivity index (χ2n) is 5.93. The number of nitrogens with zero attached hydrogens (tertiary/aromatic N) is 3. The van der Waals surface area contributed by atoms with Crippen LogP contribution < -0.4 is 9.64 Å². The number of carbonyl (C=O) groups is 1. The average molecular weight is 337 g/mol. The van der Waals surface area contributed by atoms with Crippen molar-refractivity contribution in [2.75, 3.05) is 18.1 Å². The molecule has 0 bridgehead atoms. The van der Waals surface area contributed by atoms with Crippen molar-refractivity contribution >= 4 is 17.2 Å². The number of imidazole rings is 1. The lowest BCUT2D eigenvalue weighted by Gasteiger charge is -2.21. The van der Waals surface area contributed by atoms with Gasteiger partial charge in [-0.2, -0.15) is 0 Å². The standard InChI is InChI=1S/C20H23N3O2/c1-5-22(16-10-7-9-14(3)13-16)20(24)18-15(4)21-19-17(25-6-2)11-8-12-23(18)19/h7-13H,5-6H2,1-4H3. The van der Waals surface area contributed by atoms with E-state index in [-0.39, 0.29) is 5.91 Å². The molecule has 0 aliphatic heterocycles. The summed E-state index contributed by atoms with van der Waals surface area (Å²) in [6, 6.07) is 11.7.